The van der Waals surface area contributed by atoms with Gasteiger partial charge >= 0.3 is 0 Å². The average Bonchev–Trinajstić information content (AvgIpc) is 2.76. The number of nitrogens with zero attached hydrogens (tertiary/aromatic N) is 2. The van der Waals surface area contributed by atoms with Gasteiger partial charge in [0.2, 0.25) is 0 Å². The van der Waals surface area contributed by atoms with Crippen LogP contribution in [0.4, 0.5) is 0 Å². The Morgan fingerprint density at radius 2 is 1.74 bits per heavy atom. The Bertz CT molecular complexity index is 331. The molecule has 1 rings (SSSR count). The molecule has 0 radical (unpaired) electrons. The fraction of sp³-hybridized carbons (Fsp3) is 0.812. The molecule has 0 unspecified atom stereocenters. The topological polar surface area (TPSA) is 29.9 Å². The lowest BCUT2D eigenvalue weighted by atomic mass is 10.1. The van der Waals surface area contributed by atoms with Gasteiger partial charge in [-0.25, -0.2) is 0 Å². The molecule has 0 aliphatic rings. The van der Waals surface area contributed by atoms with E-state index in [9.17, 15) is 0 Å². The van der Waals surface area contributed by atoms with Gasteiger partial charge in [-0.15, -0.1) is 0 Å². The molecule has 0 saturated heterocycles. The highest BCUT2D eigenvalue weighted by molar-refractivity contribution is 5.15. The third kappa shape index (κ3) is 6.24. The van der Waals surface area contributed by atoms with Gasteiger partial charge in [0.05, 0.1) is 6.20 Å². The Kier molecular flexibility index (Phi) is 8.55. The van der Waals surface area contributed by atoms with Crippen molar-refractivity contribution in [3.63, 3.8) is 0 Å². The summed E-state index contributed by atoms with van der Waals surface area (Å²) in [6, 6.07) is 0. The minimum Gasteiger partial charge on any atom is -0.313 e. The standard InChI is InChI=1S/C16H31N3/c1-4-6-7-8-9-10-11-12-19-15(3)16(14-18-19)13-17-5-2/h14,17H,4-13H2,1-3H3. The summed E-state index contributed by atoms with van der Waals surface area (Å²) in [7, 11) is 0. The summed E-state index contributed by atoms with van der Waals surface area (Å²) in [4.78, 5) is 0. The Morgan fingerprint density at radius 1 is 1.05 bits per heavy atom. The average molecular weight is 265 g/mol. The number of hydrogen-bond donors (Lipinski definition) is 1. The van der Waals surface area contributed by atoms with Crippen molar-refractivity contribution in [3.05, 3.63) is 17.5 Å². The third-order valence-corrected chi connectivity index (χ3v) is 3.74. The highest BCUT2D eigenvalue weighted by Gasteiger charge is 2.05. The number of hydrogen-bond acceptors (Lipinski definition) is 2. The van der Waals surface area contributed by atoms with E-state index in [-0.39, 0.29) is 0 Å². The maximum Gasteiger partial charge on any atom is 0.0537 e. The van der Waals surface area contributed by atoms with E-state index in [1.807, 2.05) is 6.20 Å². The lowest BCUT2D eigenvalue weighted by Crippen LogP contribution is -2.12. The van der Waals surface area contributed by atoms with E-state index in [1.54, 1.807) is 0 Å². The zero-order valence-corrected chi connectivity index (χ0v) is 13.0. The molecule has 1 N–H and O–H groups in total. The molecule has 0 aliphatic heterocycles. The van der Waals surface area contributed by atoms with Crippen molar-refractivity contribution < 1.29 is 0 Å². The summed E-state index contributed by atoms with van der Waals surface area (Å²) >= 11 is 0. The second kappa shape index (κ2) is 10.0. The summed E-state index contributed by atoms with van der Waals surface area (Å²) in [6.07, 6.45) is 11.5. The van der Waals surface area contributed by atoms with E-state index in [0.717, 1.165) is 19.6 Å². The molecule has 3 nitrogen and oxygen atoms in total. The van der Waals surface area contributed by atoms with Gasteiger partial charge in [0.25, 0.3) is 0 Å². The molecule has 110 valence electrons. The quantitative estimate of drug-likeness (QED) is 0.612. The van der Waals surface area contributed by atoms with E-state index < -0.39 is 0 Å². The zero-order valence-electron chi connectivity index (χ0n) is 13.0. The van der Waals surface area contributed by atoms with Crippen LogP contribution in [-0.4, -0.2) is 16.3 Å². The van der Waals surface area contributed by atoms with Gasteiger partial charge in [0, 0.05) is 24.3 Å². The molecule has 0 amide bonds. The van der Waals surface area contributed by atoms with Gasteiger partial charge in [-0.1, -0.05) is 52.4 Å². The van der Waals surface area contributed by atoms with Crippen molar-refractivity contribution in [1.29, 1.82) is 0 Å². The fourth-order valence-electron chi connectivity index (χ4n) is 2.36. The van der Waals surface area contributed by atoms with Crippen molar-refractivity contribution in [3.8, 4) is 0 Å². The number of rotatable bonds is 11. The minimum absolute atomic E-state index is 0.944. The number of unbranched alkanes of at least 4 members (excludes halogenated alkanes) is 6. The zero-order chi connectivity index (χ0) is 13.9. The maximum atomic E-state index is 4.49. The predicted molar refractivity (Wildman–Crippen MR) is 82.3 cm³/mol. The molecule has 0 aliphatic carbocycles. The Balaban J connectivity index is 2.17. The first-order chi connectivity index (χ1) is 9.29. The molecule has 0 aromatic carbocycles. The fourth-order valence-corrected chi connectivity index (χ4v) is 2.36. The minimum atomic E-state index is 0.944. The van der Waals surface area contributed by atoms with Crippen LogP contribution in [0.1, 0.15) is 70.1 Å². The third-order valence-electron chi connectivity index (χ3n) is 3.74. The van der Waals surface area contributed by atoms with Crippen molar-refractivity contribution in [2.45, 2.75) is 78.8 Å². The van der Waals surface area contributed by atoms with Crippen molar-refractivity contribution in [2.24, 2.45) is 0 Å². The molecular formula is C16H31N3. The summed E-state index contributed by atoms with van der Waals surface area (Å²) in [6.45, 7) is 9.62. The second-order valence-corrected chi connectivity index (χ2v) is 5.38. The van der Waals surface area contributed by atoms with E-state index in [2.05, 4.69) is 35.9 Å². The lowest BCUT2D eigenvalue weighted by Gasteiger charge is -2.06. The van der Waals surface area contributed by atoms with Crippen molar-refractivity contribution >= 4 is 0 Å². The first kappa shape index (κ1) is 16.2. The molecule has 0 fully saturated rings. The molecule has 0 atom stereocenters. The largest absolute Gasteiger partial charge is 0.313 e. The van der Waals surface area contributed by atoms with Crippen LogP contribution in [0.5, 0.6) is 0 Å². The molecule has 1 aromatic rings. The van der Waals surface area contributed by atoms with Gasteiger partial charge in [0.15, 0.2) is 0 Å². The first-order valence-corrected chi connectivity index (χ1v) is 8.01. The molecular weight excluding hydrogens is 234 g/mol. The second-order valence-electron chi connectivity index (χ2n) is 5.38. The Morgan fingerprint density at radius 3 is 2.42 bits per heavy atom. The van der Waals surface area contributed by atoms with Gasteiger partial charge in [-0.3, -0.25) is 4.68 Å². The monoisotopic (exact) mass is 265 g/mol. The summed E-state index contributed by atoms with van der Waals surface area (Å²) in [5.74, 6) is 0. The molecule has 1 heterocycles. The molecule has 0 spiro atoms. The lowest BCUT2D eigenvalue weighted by molar-refractivity contribution is 0.515. The molecule has 0 saturated carbocycles. The van der Waals surface area contributed by atoms with E-state index >= 15 is 0 Å². The van der Waals surface area contributed by atoms with Crippen LogP contribution < -0.4 is 5.32 Å². The summed E-state index contributed by atoms with van der Waals surface area (Å²) in [5, 5.41) is 7.85. The smallest absolute Gasteiger partial charge is 0.0537 e. The van der Waals surface area contributed by atoms with Gasteiger partial charge < -0.3 is 5.32 Å². The van der Waals surface area contributed by atoms with Crippen LogP contribution in [0.15, 0.2) is 6.20 Å². The van der Waals surface area contributed by atoms with Crippen LogP contribution in [0.25, 0.3) is 0 Å². The predicted octanol–water partition coefficient (Wildman–Crippen LogP) is 4.05. The van der Waals surface area contributed by atoms with Crippen LogP contribution in [0.2, 0.25) is 0 Å². The SMILES string of the molecule is CCCCCCCCCn1ncc(CNCC)c1C. The van der Waals surface area contributed by atoms with Gasteiger partial charge in [-0.2, -0.15) is 5.10 Å². The summed E-state index contributed by atoms with van der Waals surface area (Å²) in [5.41, 5.74) is 2.66. The maximum absolute atomic E-state index is 4.49. The molecule has 3 heteroatoms. The molecule has 19 heavy (non-hydrogen) atoms. The van der Waals surface area contributed by atoms with Crippen LogP contribution in [-0.2, 0) is 13.1 Å². The van der Waals surface area contributed by atoms with Crippen LogP contribution in [0.3, 0.4) is 0 Å². The number of aromatic nitrogens is 2. The van der Waals surface area contributed by atoms with Gasteiger partial charge in [-0.05, 0) is 19.9 Å². The van der Waals surface area contributed by atoms with Crippen molar-refractivity contribution in [2.75, 3.05) is 6.54 Å². The van der Waals surface area contributed by atoms with E-state index in [1.165, 1.54) is 56.2 Å². The van der Waals surface area contributed by atoms with Crippen molar-refractivity contribution in [1.82, 2.24) is 15.1 Å². The normalized spacial score (nSPS) is 11.1. The van der Waals surface area contributed by atoms with E-state index in [0.29, 0.717) is 0 Å². The highest BCUT2D eigenvalue weighted by atomic mass is 15.3. The molecule has 1 aromatic heterocycles. The number of aryl methyl sites for hydroxylation is 1. The van der Waals surface area contributed by atoms with Crippen LogP contribution >= 0.6 is 0 Å². The summed E-state index contributed by atoms with van der Waals surface area (Å²) < 4.78 is 2.17. The van der Waals surface area contributed by atoms with Gasteiger partial charge in [0.1, 0.15) is 0 Å². The Hall–Kier alpha value is -0.830. The first-order valence-electron chi connectivity index (χ1n) is 8.01. The number of nitrogens with one attached hydrogen (secondary N) is 1. The van der Waals surface area contributed by atoms with E-state index in [4.69, 9.17) is 0 Å². The Labute approximate surface area is 118 Å². The highest BCUT2D eigenvalue weighted by Crippen LogP contribution is 2.11. The van der Waals surface area contributed by atoms with Crippen LogP contribution in [0, 0.1) is 6.92 Å². The molecule has 0 bridgehead atoms.